The standard InChI is InChI=1S/C19H22N4O4S3/c1-23-17(12-7-8-30(24,25)11-12)21-22-19(23)29-10-13-9-28-18(20-13)14-5-4-6-15(26-2)16(14)27-3/h4-6,9,12H,7-8,10-11H2,1-3H3. The number of hydrogen-bond acceptors (Lipinski definition) is 9. The maximum absolute atomic E-state index is 11.8. The number of nitrogens with zero attached hydrogens (tertiary/aromatic N) is 4. The van der Waals surface area contributed by atoms with Crippen LogP contribution in [0.1, 0.15) is 23.9 Å². The number of para-hydroxylation sites is 1. The van der Waals surface area contributed by atoms with Crippen molar-refractivity contribution in [2.24, 2.45) is 7.05 Å². The van der Waals surface area contributed by atoms with Crippen LogP contribution in [0.25, 0.3) is 10.6 Å². The van der Waals surface area contributed by atoms with Gasteiger partial charge in [0, 0.05) is 24.1 Å². The van der Waals surface area contributed by atoms with Crippen molar-refractivity contribution in [1.29, 1.82) is 0 Å². The largest absolute Gasteiger partial charge is 0.493 e. The Morgan fingerprint density at radius 1 is 1.27 bits per heavy atom. The van der Waals surface area contributed by atoms with Crippen LogP contribution in [0.15, 0.2) is 28.7 Å². The van der Waals surface area contributed by atoms with E-state index in [0.29, 0.717) is 23.7 Å². The van der Waals surface area contributed by atoms with Crippen molar-refractivity contribution in [2.45, 2.75) is 23.2 Å². The maximum Gasteiger partial charge on any atom is 0.191 e. The summed E-state index contributed by atoms with van der Waals surface area (Å²) >= 11 is 3.08. The molecule has 11 heteroatoms. The number of hydrogen-bond donors (Lipinski definition) is 0. The Morgan fingerprint density at radius 2 is 2.10 bits per heavy atom. The summed E-state index contributed by atoms with van der Waals surface area (Å²) in [6, 6.07) is 5.73. The van der Waals surface area contributed by atoms with Crippen molar-refractivity contribution in [1.82, 2.24) is 19.7 Å². The monoisotopic (exact) mass is 466 g/mol. The summed E-state index contributed by atoms with van der Waals surface area (Å²) in [5.74, 6) is 3.01. The van der Waals surface area contributed by atoms with Crippen LogP contribution in [0.2, 0.25) is 0 Å². The summed E-state index contributed by atoms with van der Waals surface area (Å²) in [5.41, 5.74) is 1.82. The first-order chi connectivity index (χ1) is 14.4. The van der Waals surface area contributed by atoms with Gasteiger partial charge in [0.05, 0.1) is 37.0 Å². The van der Waals surface area contributed by atoms with Gasteiger partial charge in [-0.25, -0.2) is 13.4 Å². The molecule has 1 aliphatic rings. The Hall–Kier alpha value is -2.11. The molecule has 4 rings (SSSR count). The molecule has 2 aromatic heterocycles. The van der Waals surface area contributed by atoms with E-state index in [0.717, 1.165) is 27.2 Å². The summed E-state index contributed by atoms with van der Waals surface area (Å²) in [7, 11) is 2.16. The summed E-state index contributed by atoms with van der Waals surface area (Å²) < 4.78 is 36.3. The topological polar surface area (TPSA) is 96.2 Å². The highest BCUT2D eigenvalue weighted by Gasteiger charge is 2.32. The Morgan fingerprint density at radius 3 is 2.80 bits per heavy atom. The summed E-state index contributed by atoms with van der Waals surface area (Å²) in [4.78, 5) is 4.74. The molecule has 0 spiro atoms. The Balaban J connectivity index is 1.47. The van der Waals surface area contributed by atoms with Gasteiger partial charge >= 0.3 is 0 Å². The third kappa shape index (κ3) is 4.19. The minimum Gasteiger partial charge on any atom is -0.493 e. The first-order valence-electron chi connectivity index (χ1n) is 9.30. The quantitative estimate of drug-likeness (QED) is 0.490. The lowest BCUT2D eigenvalue weighted by Crippen LogP contribution is -2.09. The first kappa shape index (κ1) is 21.1. The average molecular weight is 467 g/mol. The smallest absolute Gasteiger partial charge is 0.191 e. The van der Waals surface area contributed by atoms with Crippen molar-refractivity contribution in [3.63, 3.8) is 0 Å². The van der Waals surface area contributed by atoms with Gasteiger partial charge in [0.25, 0.3) is 0 Å². The Labute approximate surface area is 183 Å². The van der Waals surface area contributed by atoms with Crippen molar-refractivity contribution >= 4 is 32.9 Å². The number of benzene rings is 1. The fourth-order valence-electron chi connectivity index (χ4n) is 3.50. The van der Waals surface area contributed by atoms with Gasteiger partial charge in [0.15, 0.2) is 26.5 Å². The Kier molecular flexibility index (Phi) is 6.03. The molecule has 1 atom stereocenters. The van der Waals surface area contributed by atoms with E-state index in [4.69, 9.17) is 14.5 Å². The van der Waals surface area contributed by atoms with Crippen LogP contribution in [0.4, 0.5) is 0 Å². The molecule has 3 heterocycles. The summed E-state index contributed by atoms with van der Waals surface area (Å²) in [6.07, 6.45) is 0.608. The molecular formula is C19H22N4O4S3. The molecule has 1 unspecified atom stereocenters. The van der Waals surface area contributed by atoms with Crippen LogP contribution >= 0.6 is 23.1 Å². The van der Waals surface area contributed by atoms with E-state index in [1.807, 2.05) is 35.2 Å². The van der Waals surface area contributed by atoms with Crippen LogP contribution < -0.4 is 9.47 Å². The highest BCUT2D eigenvalue weighted by molar-refractivity contribution is 7.98. The number of thiazole rings is 1. The molecule has 0 aliphatic carbocycles. The molecule has 0 amide bonds. The van der Waals surface area contributed by atoms with Gasteiger partial charge in [-0.15, -0.1) is 21.5 Å². The fourth-order valence-corrected chi connectivity index (χ4v) is 6.99. The zero-order valence-electron chi connectivity index (χ0n) is 16.9. The molecule has 30 heavy (non-hydrogen) atoms. The van der Waals surface area contributed by atoms with E-state index in [2.05, 4.69) is 10.2 Å². The third-order valence-corrected chi connectivity index (χ3v) is 8.75. The van der Waals surface area contributed by atoms with Gasteiger partial charge in [-0.2, -0.15) is 0 Å². The first-order valence-corrected chi connectivity index (χ1v) is 13.0. The fraction of sp³-hybridized carbons (Fsp3) is 0.421. The SMILES string of the molecule is COc1cccc(-c2nc(CSc3nnc(C4CCS(=O)(=O)C4)n3C)cs2)c1OC. The third-order valence-electron chi connectivity index (χ3n) is 5.00. The van der Waals surface area contributed by atoms with Crippen molar-refractivity contribution in [3.8, 4) is 22.1 Å². The highest BCUT2D eigenvalue weighted by atomic mass is 32.2. The highest BCUT2D eigenvalue weighted by Crippen LogP contribution is 2.39. The molecule has 1 aromatic carbocycles. The number of rotatable bonds is 7. The van der Waals surface area contributed by atoms with Crippen LogP contribution in [0.3, 0.4) is 0 Å². The molecular weight excluding hydrogens is 444 g/mol. The normalized spacial score (nSPS) is 17.9. The molecule has 1 aliphatic heterocycles. The van der Waals surface area contributed by atoms with Crippen molar-refractivity contribution in [2.75, 3.05) is 25.7 Å². The number of sulfone groups is 1. The van der Waals surface area contributed by atoms with Crippen LogP contribution in [-0.2, 0) is 22.6 Å². The van der Waals surface area contributed by atoms with Crippen LogP contribution in [0.5, 0.6) is 11.5 Å². The zero-order valence-corrected chi connectivity index (χ0v) is 19.3. The Bertz CT molecular complexity index is 1160. The molecule has 8 nitrogen and oxygen atoms in total. The van der Waals surface area contributed by atoms with E-state index in [-0.39, 0.29) is 17.4 Å². The van der Waals surface area contributed by atoms with Gasteiger partial charge in [-0.3, -0.25) is 0 Å². The summed E-state index contributed by atoms with van der Waals surface area (Å²) in [6.45, 7) is 0. The molecule has 0 N–H and O–H groups in total. The van der Waals surface area contributed by atoms with Gasteiger partial charge < -0.3 is 14.0 Å². The average Bonchev–Trinajstić information content (AvgIpc) is 3.44. The molecule has 1 fully saturated rings. The van der Waals surface area contributed by atoms with Crippen molar-refractivity contribution < 1.29 is 17.9 Å². The van der Waals surface area contributed by atoms with E-state index in [9.17, 15) is 8.42 Å². The lowest BCUT2D eigenvalue weighted by molar-refractivity contribution is 0.356. The zero-order chi connectivity index (χ0) is 21.3. The lowest BCUT2D eigenvalue weighted by atomic mass is 10.1. The number of aromatic nitrogens is 4. The maximum atomic E-state index is 11.8. The van der Waals surface area contributed by atoms with Gasteiger partial charge in [-0.1, -0.05) is 17.8 Å². The molecule has 0 saturated carbocycles. The minimum atomic E-state index is -2.96. The molecule has 0 radical (unpaired) electrons. The molecule has 160 valence electrons. The van der Waals surface area contributed by atoms with Crippen LogP contribution in [-0.4, -0.2) is 53.9 Å². The van der Waals surface area contributed by atoms with Gasteiger partial charge in [-0.05, 0) is 18.6 Å². The molecule has 1 saturated heterocycles. The van der Waals surface area contributed by atoms with E-state index in [1.165, 1.54) is 11.8 Å². The van der Waals surface area contributed by atoms with Gasteiger partial charge in [0.1, 0.15) is 10.8 Å². The van der Waals surface area contributed by atoms with Crippen LogP contribution in [0, 0.1) is 0 Å². The van der Waals surface area contributed by atoms with Gasteiger partial charge in [0.2, 0.25) is 0 Å². The number of ether oxygens (including phenoxy) is 2. The predicted molar refractivity (Wildman–Crippen MR) is 117 cm³/mol. The van der Waals surface area contributed by atoms with Crippen molar-refractivity contribution in [3.05, 3.63) is 35.1 Å². The second kappa shape index (κ2) is 8.56. The summed E-state index contributed by atoms with van der Waals surface area (Å²) in [5, 5.41) is 12.1. The molecule has 0 bridgehead atoms. The predicted octanol–water partition coefficient (Wildman–Crippen LogP) is 3.15. The van der Waals surface area contributed by atoms with E-state index < -0.39 is 9.84 Å². The lowest BCUT2D eigenvalue weighted by Gasteiger charge is -2.10. The second-order valence-electron chi connectivity index (χ2n) is 6.97. The molecule has 3 aromatic rings. The van der Waals surface area contributed by atoms with E-state index in [1.54, 1.807) is 25.6 Å². The second-order valence-corrected chi connectivity index (χ2v) is 11.0. The minimum absolute atomic E-state index is 0.0757. The number of thioether (sulfide) groups is 1. The number of methoxy groups -OCH3 is 2. The van der Waals surface area contributed by atoms with E-state index >= 15 is 0 Å².